The van der Waals surface area contributed by atoms with Gasteiger partial charge in [-0.25, -0.2) is 0 Å². The van der Waals surface area contributed by atoms with Crippen LogP contribution in [0.5, 0.6) is 0 Å². The highest BCUT2D eigenvalue weighted by Crippen LogP contribution is 2.26. The van der Waals surface area contributed by atoms with Gasteiger partial charge in [-0.05, 0) is 31.5 Å². The summed E-state index contributed by atoms with van der Waals surface area (Å²) in [6.45, 7) is 4.25. The Morgan fingerprint density at radius 3 is 2.91 bits per heavy atom. The summed E-state index contributed by atoms with van der Waals surface area (Å²) in [6.07, 6.45) is 5.15. The molecule has 0 saturated carbocycles. The van der Waals surface area contributed by atoms with Crippen molar-refractivity contribution in [2.75, 3.05) is 5.32 Å². The van der Waals surface area contributed by atoms with E-state index in [9.17, 15) is 4.79 Å². The van der Waals surface area contributed by atoms with E-state index in [-0.39, 0.29) is 5.56 Å². The van der Waals surface area contributed by atoms with Gasteiger partial charge in [0, 0.05) is 36.3 Å². The standard InChI is InChI=1S/C16H16N4O2/c1-10-15(11(2)22-20-10)13-6-14(16(21)19-9-13)18-8-12-4-3-5-17-7-12/h3-7,9,18H,8H2,1-2H3,(H,19,21). The molecule has 0 atom stereocenters. The molecule has 0 amide bonds. The highest BCUT2D eigenvalue weighted by atomic mass is 16.5. The number of hydrogen-bond acceptors (Lipinski definition) is 5. The molecule has 2 N–H and O–H groups in total. The topological polar surface area (TPSA) is 83.8 Å². The molecule has 3 aromatic rings. The highest BCUT2D eigenvalue weighted by Gasteiger charge is 2.13. The van der Waals surface area contributed by atoms with Crippen LogP contribution in [0.4, 0.5) is 5.69 Å². The maximum absolute atomic E-state index is 12.0. The number of nitrogens with one attached hydrogen (secondary N) is 2. The molecule has 0 aromatic carbocycles. The minimum absolute atomic E-state index is 0.167. The van der Waals surface area contributed by atoms with Gasteiger partial charge in [-0.3, -0.25) is 9.78 Å². The van der Waals surface area contributed by atoms with Crippen LogP contribution in [0.15, 0.2) is 46.1 Å². The van der Waals surface area contributed by atoms with Crippen molar-refractivity contribution >= 4 is 5.69 Å². The molecule has 6 heteroatoms. The van der Waals surface area contributed by atoms with E-state index < -0.39 is 0 Å². The van der Waals surface area contributed by atoms with Crippen LogP contribution in [0.25, 0.3) is 11.1 Å². The van der Waals surface area contributed by atoms with Gasteiger partial charge in [0.05, 0.1) is 5.69 Å². The van der Waals surface area contributed by atoms with Gasteiger partial charge in [0.25, 0.3) is 5.56 Å². The van der Waals surface area contributed by atoms with Crippen molar-refractivity contribution in [2.24, 2.45) is 0 Å². The number of aromatic nitrogens is 3. The van der Waals surface area contributed by atoms with Crippen LogP contribution in [-0.2, 0) is 6.54 Å². The van der Waals surface area contributed by atoms with Gasteiger partial charge in [0.1, 0.15) is 11.4 Å². The molecule has 3 heterocycles. The predicted molar refractivity (Wildman–Crippen MR) is 83.6 cm³/mol. The Morgan fingerprint density at radius 2 is 2.23 bits per heavy atom. The first kappa shape index (κ1) is 14.1. The number of hydrogen-bond donors (Lipinski definition) is 2. The summed E-state index contributed by atoms with van der Waals surface area (Å²) in [4.78, 5) is 18.8. The maximum Gasteiger partial charge on any atom is 0.271 e. The van der Waals surface area contributed by atoms with E-state index in [0.29, 0.717) is 12.2 Å². The first-order chi connectivity index (χ1) is 10.6. The van der Waals surface area contributed by atoms with Gasteiger partial charge >= 0.3 is 0 Å². The quantitative estimate of drug-likeness (QED) is 0.773. The second-order valence-corrected chi connectivity index (χ2v) is 5.05. The molecular weight excluding hydrogens is 280 g/mol. The molecule has 0 aliphatic carbocycles. The number of anilines is 1. The van der Waals surface area contributed by atoms with Gasteiger partial charge in [-0.2, -0.15) is 0 Å². The minimum Gasteiger partial charge on any atom is -0.376 e. The van der Waals surface area contributed by atoms with E-state index >= 15 is 0 Å². The van der Waals surface area contributed by atoms with Gasteiger partial charge in [0.2, 0.25) is 0 Å². The Balaban J connectivity index is 1.89. The Kier molecular flexibility index (Phi) is 3.74. The normalized spacial score (nSPS) is 10.6. The Bertz CT molecular complexity index is 817. The molecule has 0 fully saturated rings. The van der Waals surface area contributed by atoms with Crippen LogP contribution >= 0.6 is 0 Å². The van der Waals surface area contributed by atoms with Crippen molar-refractivity contribution in [3.05, 3.63) is 64.2 Å². The summed E-state index contributed by atoms with van der Waals surface area (Å²) < 4.78 is 5.18. The number of rotatable bonds is 4. The minimum atomic E-state index is -0.167. The second kappa shape index (κ2) is 5.85. The van der Waals surface area contributed by atoms with E-state index in [1.807, 2.05) is 32.0 Å². The third kappa shape index (κ3) is 2.76. The molecule has 0 unspecified atom stereocenters. The van der Waals surface area contributed by atoms with E-state index in [0.717, 1.165) is 28.1 Å². The maximum atomic E-state index is 12.0. The number of aryl methyl sites for hydroxylation is 2. The molecule has 0 spiro atoms. The predicted octanol–water partition coefficient (Wildman–Crippen LogP) is 2.65. The Labute approximate surface area is 127 Å². The summed E-state index contributed by atoms with van der Waals surface area (Å²) in [5.41, 5.74) is 3.90. The summed E-state index contributed by atoms with van der Waals surface area (Å²) in [7, 11) is 0. The zero-order chi connectivity index (χ0) is 15.5. The fourth-order valence-corrected chi connectivity index (χ4v) is 2.35. The van der Waals surface area contributed by atoms with E-state index in [1.165, 1.54) is 0 Å². The van der Waals surface area contributed by atoms with Gasteiger partial charge in [-0.1, -0.05) is 11.2 Å². The van der Waals surface area contributed by atoms with E-state index in [1.54, 1.807) is 18.6 Å². The van der Waals surface area contributed by atoms with Crippen molar-refractivity contribution in [2.45, 2.75) is 20.4 Å². The highest BCUT2D eigenvalue weighted by molar-refractivity contribution is 5.70. The number of H-pyrrole nitrogens is 1. The van der Waals surface area contributed by atoms with Crippen LogP contribution in [-0.4, -0.2) is 15.1 Å². The van der Waals surface area contributed by atoms with Crippen molar-refractivity contribution in [1.82, 2.24) is 15.1 Å². The average Bonchev–Trinajstić information content (AvgIpc) is 2.87. The number of aromatic amines is 1. The van der Waals surface area contributed by atoms with Gasteiger partial charge < -0.3 is 14.8 Å². The molecule has 6 nitrogen and oxygen atoms in total. The summed E-state index contributed by atoms with van der Waals surface area (Å²) >= 11 is 0. The summed E-state index contributed by atoms with van der Waals surface area (Å²) in [6, 6.07) is 5.62. The SMILES string of the molecule is Cc1noc(C)c1-c1c[nH]c(=O)c(NCc2cccnc2)c1. The molecule has 0 radical (unpaired) electrons. The number of nitrogens with zero attached hydrogens (tertiary/aromatic N) is 2. The lowest BCUT2D eigenvalue weighted by Crippen LogP contribution is -2.13. The van der Waals surface area contributed by atoms with Crippen molar-refractivity contribution in [1.29, 1.82) is 0 Å². The van der Waals surface area contributed by atoms with Crippen LogP contribution in [0.2, 0.25) is 0 Å². The molecule has 22 heavy (non-hydrogen) atoms. The van der Waals surface area contributed by atoms with Crippen LogP contribution < -0.4 is 10.9 Å². The Morgan fingerprint density at radius 1 is 1.36 bits per heavy atom. The summed E-state index contributed by atoms with van der Waals surface area (Å²) in [5.74, 6) is 0.725. The van der Waals surface area contributed by atoms with Crippen LogP contribution in [0, 0.1) is 13.8 Å². The largest absolute Gasteiger partial charge is 0.376 e. The van der Waals surface area contributed by atoms with Gasteiger partial charge in [0.15, 0.2) is 0 Å². The molecular formula is C16H16N4O2. The number of pyridine rings is 2. The van der Waals surface area contributed by atoms with Crippen LogP contribution in [0.1, 0.15) is 17.0 Å². The summed E-state index contributed by atoms with van der Waals surface area (Å²) in [5, 5.41) is 7.08. The Hall–Kier alpha value is -2.89. The molecule has 112 valence electrons. The average molecular weight is 296 g/mol. The molecule has 0 aliphatic heterocycles. The molecule has 3 aromatic heterocycles. The van der Waals surface area contributed by atoms with Crippen molar-refractivity contribution < 1.29 is 4.52 Å². The lowest BCUT2D eigenvalue weighted by atomic mass is 10.1. The zero-order valence-electron chi connectivity index (χ0n) is 12.4. The van der Waals surface area contributed by atoms with Crippen LogP contribution in [0.3, 0.4) is 0 Å². The van der Waals surface area contributed by atoms with E-state index in [2.05, 4.69) is 20.4 Å². The van der Waals surface area contributed by atoms with Crippen molar-refractivity contribution in [3.63, 3.8) is 0 Å². The lowest BCUT2D eigenvalue weighted by Gasteiger charge is -2.07. The zero-order valence-corrected chi connectivity index (χ0v) is 12.4. The molecule has 0 saturated heterocycles. The third-order valence-electron chi connectivity index (χ3n) is 3.43. The monoisotopic (exact) mass is 296 g/mol. The lowest BCUT2D eigenvalue weighted by molar-refractivity contribution is 0.393. The molecule has 0 bridgehead atoms. The van der Waals surface area contributed by atoms with Crippen molar-refractivity contribution in [3.8, 4) is 11.1 Å². The molecule has 0 aliphatic rings. The third-order valence-corrected chi connectivity index (χ3v) is 3.43. The fourth-order valence-electron chi connectivity index (χ4n) is 2.35. The second-order valence-electron chi connectivity index (χ2n) is 5.05. The first-order valence-corrected chi connectivity index (χ1v) is 6.94. The van der Waals surface area contributed by atoms with E-state index in [4.69, 9.17) is 4.52 Å². The molecule has 3 rings (SSSR count). The fraction of sp³-hybridized carbons (Fsp3) is 0.188. The first-order valence-electron chi connectivity index (χ1n) is 6.94. The smallest absolute Gasteiger partial charge is 0.271 e. The van der Waals surface area contributed by atoms with Gasteiger partial charge in [-0.15, -0.1) is 0 Å².